The van der Waals surface area contributed by atoms with Gasteiger partial charge in [0.1, 0.15) is 22.1 Å². The molecule has 0 saturated heterocycles. The fraction of sp³-hybridized carbons (Fsp3) is 0.421. The van der Waals surface area contributed by atoms with Gasteiger partial charge in [-0.1, -0.05) is 6.92 Å². The maximum atomic E-state index is 12.4. The van der Waals surface area contributed by atoms with Gasteiger partial charge in [0.05, 0.1) is 12.5 Å². The van der Waals surface area contributed by atoms with Crippen LogP contribution in [0.2, 0.25) is 0 Å². The molecule has 27 heavy (non-hydrogen) atoms. The lowest BCUT2D eigenvalue weighted by Crippen LogP contribution is -2.22. The zero-order valence-corrected chi connectivity index (χ0v) is 16.2. The summed E-state index contributed by atoms with van der Waals surface area (Å²) in [5.41, 5.74) is 0.775. The highest BCUT2D eigenvalue weighted by Crippen LogP contribution is 2.39. The third-order valence-corrected chi connectivity index (χ3v) is 5.18. The molecule has 2 atom stereocenters. The Labute approximate surface area is 160 Å². The molecule has 2 heterocycles. The van der Waals surface area contributed by atoms with Crippen LogP contribution in [0.1, 0.15) is 36.4 Å². The molecule has 1 aliphatic rings. The first kappa shape index (κ1) is 19.2. The first-order chi connectivity index (χ1) is 12.9. The number of aryl methyl sites for hydroxylation is 1. The van der Waals surface area contributed by atoms with Crippen molar-refractivity contribution in [2.75, 3.05) is 18.5 Å². The molecule has 1 fully saturated rings. The number of nitrogens with one attached hydrogen (secondary N) is 1. The zero-order chi connectivity index (χ0) is 19.6. The molecular formula is C19H21NO6S. The molecule has 0 aromatic carbocycles. The van der Waals surface area contributed by atoms with Crippen LogP contribution in [0.3, 0.4) is 0 Å². The Morgan fingerprint density at radius 2 is 2.04 bits per heavy atom. The van der Waals surface area contributed by atoms with E-state index in [-0.39, 0.29) is 24.1 Å². The number of hydrogen-bond acceptors (Lipinski definition) is 7. The van der Waals surface area contributed by atoms with Gasteiger partial charge in [0, 0.05) is 10.9 Å². The molecule has 0 spiro atoms. The van der Waals surface area contributed by atoms with E-state index in [1.807, 2.05) is 6.92 Å². The van der Waals surface area contributed by atoms with Crippen molar-refractivity contribution in [3.63, 3.8) is 0 Å². The van der Waals surface area contributed by atoms with Crippen molar-refractivity contribution in [2.45, 2.75) is 27.2 Å². The minimum absolute atomic E-state index is 0.108. The van der Waals surface area contributed by atoms with Gasteiger partial charge in [-0.2, -0.15) is 0 Å². The van der Waals surface area contributed by atoms with Crippen LogP contribution >= 0.6 is 11.3 Å². The van der Waals surface area contributed by atoms with Crippen LogP contribution in [-0.4, -0.2) is 31.1 Å². The molecule has 144 valence electrons. The molecule has 8 heteroatoms. The van der Waals surface area contributed by atoms with E-state index in [4.69, 9.17) is 13.9 Å². The number of thiophene rings is 1. The van der Waals surface area contributed by atoms with Gasteiger partial charge >= 0.3 is 11.9 Å². The summed E-state index contributed by atoms with van der Waals surface area (Å²) in [5, 5.41) is 4.68. The van der Waals surface area contributed by atoms with Gasteiger partial charge in [-0.05, 0) is 38.3 Å². The lowest BCUT2D eigenvalue weighted by Gasteiger charge is -2.08. The molecule has 2 aromatic heterocycles. The molecule has 1 aliphatic carbocycles. The first-order valence-corrected chi connectivity index (χ1v) is 9.60. The van der Waals surface area contributed by atoms with Crippen LogP contribution in [0.15, 0.2) is 21.9 Å². The molecule has 0 unspecified atom stereocenters. The Hall–Kier alpha value is -2.61. The third-order valence-electron chi connectivity index (χ3n) is 4.29. The first-order valence-electron chi connectivity index (χ1n) is 8.72. The van der Waals surface area contributed by atoms with Gasteiger partial charge in [-0.25, -0.2) is 4.79 Å². The Kier molecular flexibility index (Phi) is 5.65. The van der Waals surface area contributed by atoms with E-state index >= 15 is 0 Å². The normalized spacial score (nSPS) is 18.0. The molecule has 1 amide bonds. The summed E-state index contributed by atoms with van der Waals surface area (Å²) >= 11 is 1.18. The molecule has 3 rings (SSSR count). The van der Waals surface area contributed by atoms with Crippen molar-refractivity contribution in [3.05, 3.63) is 28.8 Å². The van der Waals surface area contributed by atoms with Crippen molar-refractivity contribution in [3.8, 4) is 11.3 Å². The minimum atomic E-state index is -0.554. The van der Waals surface area contributed by atoms with Crippen LogP contribution in [0.25, 0.3) is 11.3 Å². The lowest BCUT2D eigenvalue weighted by molar-refractivity contribution is -0.148. The molecule has 1 N–H and O–H groups in total. The van der Waals surface area contributed by atoms with Gasteiger partial charge in [-0.3, -0.25) is 9.59 Å². The molecule has 0 aliphatic heterocycles. The van der Waals surface area contributed by atoms with Gasteiger partial charge in [0.25, 0.3) is 5.91 Å². The second-order valence-electron chi connectivity index (χ2n) is 6.46. The van der Waals surface area contributed by atoms with Crippen molar-refractivity contribution in [1.82, 2.24) is 0 Å². The van der Waals surface area contributed by atoms with E-state index in [9.17, 15) is 14.4 Å². The van der Waals surface area contributed by atoms with Crippen LogP contribution in [0.4, 0.5) is 5.00 Å². The second-order valence-corrected chi connectivity index (χ2v) is 7.34. The Morgan fingerprint density at radius 1 is 1.30 bits per heavy atom. The summed E-state index contributed by atoms with van der Waals surface area (Å²) < 4.78 is 15.7. The zero-order valence-electron chi connectivity index (χ0n) is 15.4. The number of amides is 1. The van der Waals surface area contributed by atoms with E-state index in [1.165, 1.54) is 11.3 Å². The van der Waals surface area contributed by atoms with Crippen molar-refractivity contribution in [1.29, 1.82) is 0 Å². The molecular weight excluding hydrogens is 370 g/mol. The monoisotopic (exact) mass is 391 g/mol. The maximum absolute atomic E-state index is 12.4. The summed E-state index contributed by atoms with van der Waals surface area (Å²) in [5.74, 6) is 0.00426. The largest absolute Gasteiger partial charge is 0.462 e. The summed E-state index contributed by atoms with van der Waals surface area (Å²) in [6, 6.07) is 3.54. The van der Waals surface area contributed by atoms with Crippen LogP contribution in [0.5, 0.6) is 0 Å². The highest BCUT2D eigenvalue weighted by atomic mass is 32.1. The van der Waals surface area contributed by atoms with E-state index in [2.05, 4.69) is 5.32 Å². The third kappa shape index (κ3) is 4.39. The number of esters is 2. The fourth-order valence-corrected chi connectivity index (χ4v) is 3.63. The lowest BCUT2D eigenvalue weighted by atomic mass is 10.1. The van der Waals surface area contributed by atoms with E-state index in [0.29, 0.717) is 28.0 Å². The SMILES string of the molecule is CCOC(=O)c1c(-c2ccc(C)o2)csc1NC(=O)COC(=O)[C@H]1C[C@@H]1C. The maximum Gasteiger partial charge on any atom is 0.341 e. The predicted octanol–water partition coefficient (Wildman–Crippen LogP) is 3.63. The topological polar surface area (TPSA) is 94.8 Å². The fourth-order valence-electron chi connectivity index (χ4n) is 2.67. The molecule has 1 saturated carbocycles. The number of anilines is 1. The Morgan fingerprint density at radius 3 is 2.63 bits per heavy atom. The van der Waals surface area contributed by atoms with Crippen molar-refractivity contribution >= 4 is 34.2 Å². The highest BCUT2D eigenvalue weighted by molar-refractivity contribution is 7.15. The average molecular weight is 391 g/mol. The summed E-state index contributed by atoms with van der Waals surface area (Å²) in [6.45, 7) is 5.28. The number of ether oxygens (including phenoxy) is 2. The average Bonchev–Trinajstić information content (AvgIpc) is 3.02. The van der Waals surface area contributed by atoms with Gasteiger partial charge in [0.2, 0.25) is 0 Å². The smallest absolute Gasteiger partial charge is 0.341 e. The number of furan rings is 1. The Balaban J connectivity index is 1.74. The predicted molar refractivity (Wildman–Crippen MR) is 99.6 cm³/mol. The van der Waals surface area contributed by atoms with E-state index < -0.39 is 18.5 Å². The number of rotatable bonds is 7. The van der Waals surface area contributed by atoms with Crippen LogP contribution in [-0.2, 0) is 19.1 Å². The van der Waals surface area contributed by atoms with E-state index in [1.54, 1.807) is 31.4 Å². The number of carbonyl (C=O) groups is 3. The van der Waals surface area contributed by atoms with Gasteiger partial charge < -0.3 is 19.2 Å². The molecule has 2 aromatic rings. The van der Waals surface area contributed by atoms with Crippen LogP contribution in [0, 0.1) is 18.8 Å². The van der Waals surface area contributed by atoms with Crippen molar-refractivity contribution < 1.29 is 28.3 Å². The van der Waals surface area contributed by atoms with Crippen LogP contribution < -0.4 is 5.32 Å². The highest BCUT2D eigenvalue weighted by Gasteiger charge is 2.40. The van der Waals surface area contributed by atoms with Crippen molar-refractivity contribution in [2.24, 2.45) is 11.8 Å². The second kappa shape index (κ2) is 7.96. The summed E-state index contributed by atoms with van der Waals surface area (Å²) in [6.07, 6.45) is 0.796. The molecule has 0 bridgehead atoms. The Bertz CT molecular complexity index is 867. The van der Waals surface area contributed by atoms with Gasteiger partial charge in [0.15, 0.2) is 6.61 Å². The summed E-state index contributed by atoms with van der Waals surface area (Å²) in [4.78, 5) is 36.3. The molecule has 7 nitrogen and oxygen atoms in total. The standard InChI is InChI=1S/C19H21NO6S/c1-4-24-19(23)16-13(14-6-5-11(3)26-14)9-27-17(16)20-15(21)8-25-18(22)12-7-10(12)2/h5-6,9-10,12H,4,7-8H2,1-3H3,(H,20,21)/t10-,12-/m0/s1. The number of carbonyl (C=O) groups excluding carboxylic acids is 3. The number of hydrogen-bond donors (Lipinski definition) is 1. The quantitative estimate of drug-likeness (QED) is 0.724. The van der Waals surface area contributed by atoms with E-state index in [0.717, 1.165) is 6.42 Å². The van der Waals surface area contributed by atoms with Gasteiger partial charge in [-0.15, -0.1) is 11.3 Å². The molecule has 0 radical (unpaired) electrons. The summed E-state index contributed by atoms with van der Waals surface area (Å²) in [7, 11) is 0. The minimum Gasteiger partial charge on any atom is -0.462 e.